The molecule has 0 saturated carbocycles. The average Bonchev–Trinajstić information content (AvgIpc) is 2.67. The second-order valence-electron chi connectivity index (χ2n) is 5.51. The molecule has 0 atom stereocenters. The number of rotatable bonds is 3. The first-order valence-corrected chi connectivity index (χ1v) is 7.87. The SMILES string of the molecule is COC(=O)c1ccccc1NC(=O)C(=O)Nc1ccc2ccccc2c1. The number of ether oxygens (including phenoxy) is 1. The van der Waals surface area contributed by atoms with Crippen LogP contribution in [0.2, 0.25) is 0 Å². The van der Waals surface area contributed by atoms with E-state index in [1.165, 1.54) is 19.2 Å². The maximum absolute atomic E-state index is 12.2. The number of nitrogens with one attached hydrogen (secondary N) is 2. The number of hydrogen-bond acceptors (Lipinski definition) is 4. The monoisotopic (exact) mass is 348 g/mol. The molecule has 0 aliphatic rings. The van der Waals surface area contributed by atoms with Crippen molar-refractivity contribution in [2.75, 3.05) is 17.7 Å². The quantitative estimate of drug-likeness (QED) is 0.562. The number of fused-ring (bicyclic) bond motifs is 1. The van der Waals surface area contributed by atoms with Crippen molar-refractivity contribution < 1.29 is 19.1 Å². The summed E-state index contributed by atoms with van der Waals surface area (Å²) in [4.78, 5) is 36.1. The molecule has 3 aromatic carbocycles. The summed E-state index contributed by atoms with van der Waals surface area (Å²) < 4.78 is 4.66. The summed E-state index contributed by atoms with van der Waals surface area (Å²) >= 11 is 0. The number of para-hydroxylation sites is 1. The van der Waals surface area contributed by atoms with Crippen LogP contribution in [0.3, 0.4) is 0 Å². The number of anilines is 2. The fourth-order valence-corrected chi connectivity index (χ4v) is 2.51. The van der Waals surface area contributed by atoms with Crippen LogP contribution in [-0.4, -0.2) is 24.9 Å². The molecular weight excluding hydrogens is 332 g/mol. The molecule has 2 N–H and O–H groups in total. The van der Waals surface area contributed by atoms with Crippen molar-refractivity contribution >= 4 is 39.9 Å². The zero-order chi connectivity index (χ0) is 18.5. The summed E-state index contributed by atoms with van der Waals surface area (Å²) in [5.41, 5.74) is 0.880. The van der Waals surface area contributed by atoms with Crippen molar-refractivity contribution in [2.45, 2.75) is 0 Å². The van der Waals surface area contributed by atoms with Crippen LogP contribution in [0.1, 0.15) is 10.4 Å². The van der Waals surface area contributed by atoms with E-state index in [-0.39, 0.29) is 11.3 Å². The summed E-state index contributed by atoms with van der Waals surface area (Å²) in [7, 11) is 1.24. The molecule has 3 rings (SSSR count). The lowest BCUT2D eigenvalue weighted by Gasteiger charge is -2.10. The Labute approximate surface area is 149 Å². The Morgan fingerprint density at radius 1 is 0.769 bits per heavy atom. The van der Waals surface area contributed by atoms with Crippen LogP contribution in [0.25, 0.3) is 10.8 Å². The maximum Gasteiger partial charge on any atom is 0.339 e. The van der Waals surface area contributed by atoms with Crippen LogP contribution >= 0.6 is 0 Å². The van der Waals surface area contributed by atoms with Gasteiger partial charge < -0.3 is 15.4 Å². The fraction of sp³-hybridized carbons (Fsp3) is 0.0500. The van der Waals surface area contributed by atoms with Crippen LogP contribution < -0.4 is 10.6 Å². The molecule has 0 aliphatic carbocycles. The summed E-state index contributed by atoms with van der Waals surface area (Å²) in [6.07, 6.45) is 0. The van der Waals surface area contributed by atoms with Gasteiger partial charge in [-0.15, -0.1) is 0 Å². The van der Waals surface area contributed by atoms with E-state index in [1.807, 2.05) is 30.3 Å². The molecule has 6 heteroatoms. The van der Waals surface area contributed by atoms with Gasteiger partial charge in [0, 0.05) is 5.69 Å². The normalized spacial score (nSPS) is 10.2. The van der Waals surface area contributed by atoms with Crippen molar-refractivity contribution in [3.8, 4) is 0 Å². The first-order chi connectivity index (χ1) is 12.6. The van der Waals surface area contributed by atoms with Crippen molar-refractivity contribution in [2.24, 2.45) is 0 Å². The van der Waals surface area contributed by atoms with Crippen LogP contribution in [0.4, 0.5) is 11.4 Å². The third kappa shape index (κ3) is 3.70. The van der Waals surface area contributed by atoms with E-state index >= 15 is 0 Å². The highest BCUT2D eigenvalue weighted by molar-refractivity contribution is 6.44. The van der Waals surface area contributed by atoms with Crippen LogP contribution in [-0.2, 0) is 14.3 Å². The lowest BCUT2D eigenvalue weighted by Crippen LogP contribution is -2.29. The van der Waals surface area contributed by atoms with Gasteiger partial charge in [0.15, 0.2) is 0 Å². The predicted molar refractivity (Wildman–Crippen MR) is 99.0 cm³/mol. The molecule has 0 radical (unpaired) electrons. The first kappa shape index (κ1) is 17.2. The van der Waals surface area contributed by atoms with Crippen LogP contribution in [0, 0.1) is 0 Å². The lowest BCUT2D eigenvalue weighted by atomic mass is 10.1. The largest absolute Gasteiger partial charge is 0.465 e. The number of carbonyl (C=O) groups is 3. The topological polar surface area (TPSA) is 84.5 Å². The Bertz CT molecular complexity index is 998. The van der Waals surface area contributed by atoms with Gasteiger partial charge in [-0.25, -0.2) is 4.79 Å². The minimum atomic E-state index is -0.880. The highest BCUT2D eigenvalue weighted by atomic mass is 16.5. The molecule has 26 heavy (non-hydrogen) atoms. The van der Waals surface area contributed by atoms with Crippen molar-refractivity contribution in [3.63, 3.8) is 0 Å². The van der Waals surface area contributed by atoms with E-state index < -0.39 is 17.8 Å². The molecule has 0 bridgehead atoms. The van der Waals surface area contributed by atoms with E-state index in [4.69, 9.17) is 0 Å². The average molecular weight is 348 g/mol. The van der Waals surface area contributed by atoms with Gasteiger partial charge in [-0.1, -0.05) is 42.5 Å². The van der Waals surface area contributed by atoms with Crippen LogP contribution in [0.15, 0.2) is 66.7 Å². The van der Waals surface area contributed by atoms with Crippen molar-refractivity contribution in [1.82, 2.24) is 0 Å². The van der Waals surface area contributed by atoms with Gasteiger partial charge in [0.2, 0.25) is 0 Å². The Hall–Kier alpha value is -3.67. The fourth-order valence-electron chi connectivity index (χ4n) is 2.51. The van der Waals surface area contributed by atoms with Gasteiger partial charge in [-0.3, -0.25) is 9.59 Å². The smallest absolute Gasteiger partial charge is 0.339 e. The molecule has 6 nitrogen and oxygen atoms in total. The number of benzene rings is 3. The van der Waals surface area contributed by atoms with Gasteiger partial charge in [0.25, 0.3) is 0 Å². The Morgan fingerprint density at radius 2 is 1.42 bits per heavy atom. The van der Waals surface area contributed by atoms with Gasteiger partial charge in [0.1, 0.15) is 0 Å². The third-order valence-electron chi connectivity index (χ3n) is 3.79. The summed E-state index contributed by atoms with van der Waals surface area (Å²) in [6, 6.07) is 19.3. The van der Waals surface area contributed by atoms with Crippen molar-refractivity contribution in [1.29, 1.82) is 0 Å². The van der Waals surface area contributed by atoms with Gasteiger partial charge in [-0.2, -0.15) is 0 Å². The molecule has 0 unspecified atom stereocenters. The molecule has 0 heterocycles. The Kier molecular flexibility index (Phi) is 4.94. The van der Waals surface area contributed by atoms with Gasteiger partial charge in [-0.05, 0) is 35.0 Å². The van der Waals surface area contributed by atoms with Crippen molar-refractivity contribution in [3.05, 3.63) is 72.3 Å². The summed E-state index contributed by atoms with van der Waals surface area (Å²) in [5.74, 6) is -2.31. The third-order valence-corrected chi connectivity index (χ3v) is 3.79. The zero-order valence-electron chi connectivity index (χ0n) is 14.0. The highest BCUT2D eigenvalue weighted by Gasteiger charge is 2.18. The standard InChI is InChI=1S/C20H16N2O4/c1-26-20(25)16-8-4-5-9-17(16)22-19(24)18(23)21-15-11-10-13-6-2-3-7-14(13)12-15/h2-12H,1H3,(H,21,23)(H,22,24). The molecule has 0 aromatic heterocycles. The second kappa shape index (κ2) is 7.48. The first-order valence-electron chi connectivity index (χ1n) is 7.87. The van der Waals surface area contributed by atoms with E-state index in [0.717, 1.165) is 10.8 Å². The maximum atomic E-state index is 12.2. The second-order valence-corrected chi connectivity index (χ2v) is 5.51. The predicted octanol–water partition coefficient (Wildman–Crippen LogP) is 3.20. The minimum absolute atomic E-state index is 0.168. The molecule has 3 aromatic rings. The molecule has 0 aliphatic heterocycles. The number of esters is 1. The highest BCUT2D eigenvalue weighted by Crippen LogP contribution is 2.19. The molecule has 130 valence electrons. The number of hydrogen-bond donors (Lipinski definition) is 2. The van der Waals surface area contributed by atoms with E-state index in [2.05, 4.69) is 15.4 Å². The van der Waals surface area contributed by atoms with E-state index in [9.17, 15) is 14.4 Å². The number of carbonyl (C=O) groups excluding carboxylic acids is 3. The van der Waals surface area contributed by atoms with Crippen LogP contribution in [0.5, 0.6) is 0 Å². The molecule has 0 fully saturated rings. The summed E-state index contributed by atoms with van der Waals surface area (Å²) in [5, 5.41) is 6.96. The van der Waals surface area contributed by atoms with E-state index in [1.54, 1.807) is 24.3 Å². The Balaban J connectivity index is 1.74. The molecule has 2 amide bonds. The summed E-state index contributed by atoms with van der Waals surface area (Å²) in [6.45, 7) is 0. The Morgan fingerprint density at radius 3 is 2.19 bits per heavy atom. The number of methoxy groups -OCH3 is 1. The molecular formula is C20H16N2O4. The van der Waals surface area contributed by atoms with Gasteiger partial charge >= 0.3 is 17.8 Å². The minimum Gasteiger partial charge on any atom is -0.465 e. The molecule has 0 spiro atoms. The zero-order valence-corrected chi connectivity index (χ0v) is 14.0. The van der Waals surface area contributed by atoms with Gasteiger partial charge in [0.05, 0.1) is 18.4 Å². The number of amides is 2. The molecule has 0 saturated heterocycles. The van der Waals surface area contributed by atoms with E-state index in [0.29, 0.717) is 5.69 Å². The lowest BCUT2D eigenvalue weighted by molar-refractivity contribution is -0.133.